The second-order valence-electron chi connectivity index (χ2n) is 9.51. The molecule has 7 heteroatoms. The Morgan fingerprint density at radius 2 is 1.54 bits per heavy atom. The van der Waals surface area contributed by atoms with Gasteiger partial charge in [-0.25, -0.2) is 8.42 Å². The van der Waals surface area contributed by atoms with Crippen LogP contribution in [0.5, 0.6) is 0 Å². The molecule has 1 fully saturated rings. The minimum Gasteiger partial charge on any atom is -0.327 e. The molecule has 1 atom stereocenters. The van der Waals surface area contributed by atoms with Gasteiger partial charge in [0, 0.05) is 41.9 Å². The van der Waals surface area contributed by atoms with Crippen LogP contribution in [0.15, 0.2) is 77.7 Å². The van der Waals surface area contributed by atoms with Gasteiger partial charge in [-0.05, 0) is 54.8 Å². The maximum Gasteiger partial charge on any atom is 0.255 e. The van der Waals surface area contributed by atoms with Gasteiger partial charge in [-0.3, -0.25) is 4.79 Å². The minimum absolute atomic E-state index is 0.206. The molecule has 1 unspecified atom stereocenters. The van der Waals surface area contributed by atoms with Gasteiger partial charge >= 0.3 is 0 Å². The smallest absolute Gasteiger partial charge is 0.255 e. The van der Waals surface area contributed by atoms with Gasteiger partial charge in [0.2, 0.25) is 10.0 Å². The molecule has 5 rings (SSSR count). The van der Waals surface area contributed by atoms with Crippen molar-refractivity contribution in [3.05, 3.63) is 95.1 Å². The van der Waals surface area contributed by atoms with Crippen LogP contribution in [0.4, 0.5) is 5.69 Å². The molecule has 0 aromatic heterocycles. The fraction of sp³-hybridized carbons (Fsp3) is 0.321. The Balaban J connectivity index is 1.18. The number of carbonyl (C=O) groups is 1. The predicted octanol–water partition coefficient (Wildman–Crippen LogP) is 3.25. The van der Waals surface area contributed by atoms with E-state index < -0.39 is 10.0 Å². The lowest BCUT2D eigenvalue weighted by Gasteiger charge is -2.26. The summed E-state index contributed by atoms with van der Waals surface area (Å²) in [5, 5.41) is 2.88. The molecule has 2 N–H and O–H groups in total. The van der Waals surface area contributed by atoms with Crippen LogP contribution in [0.2, 0.25) is 0 Å². The molecular formula is C28H32N3O3S+. The summed E-state index contributed by atoms with van der Waals surface area (Å²) in [6, 6.07) is 22.9. The first-order valence-corrected chi connectivity index (χ1v) is 13.8. The van der Waals surface area contributed by atoms with E-state index in [1.165, 1.54) is 21.6 Å². The van der Waals surface area contributed by atoms with E-state index in [-0.39, 0.29) is 10.8 Å². The summed E-state index contributed by atoms with van der Waals surface area (Å²) in [7, 11) is -3.47. The van der Waals surface area contributed by atoms with E-state index in [4.69, 9.17) is 0 Å². The molecule has 1 amide bonds. The number of benzene rings is 3. The second kappa shape index (κ2) is 10.3. The summed E-state index contributed by atoms with van der Waals surface area (Å²) in [4.78, 5) is 14.5. The zero-order valence-corrected chi connectivity index (χ0v) is 20.7. The Labute approximate surface area is 207 Å². The van der Waals surface area contributed by atoms with Crippen LogP contribution in [0.1, 0.15) is 46.3 Å². The lowest BCUT2D eigenvalue weighted by molar-refractivity contribution is -0.929. The highest BCUT2D eigenvalue weighted by atomic mass is 32.2. The highest BCUT2D eigenvalue weighted by Crippen LogP contribution is 2.22. The van der Waals surface area contributed by atoms with Crippen molar-refractivity contribution in [3.8, 4) is 0 Å². The molecule has 2 aliphatic rings. The topological polar surface area (TPSA) is 70.9 Å². The molecule has 0 bridgehead atoms. The van der Waals surface area contributed by atoms with Crippen LogP contribution in [-0.2, 0) is 29.5 Å². The van der Waals surface area contributed by atoms with E-state index >= 15 is 0 Å². The van der Waals surface area contributed by atoms with Crippen molar-refractivity contribution in [1.29, 1.82) is 0 Å². The number of piperidine rings is 1. The number of nitrogens with zero attached hydrogens (tertiary/aromatic N) is 1. The summed E-state index contributed by atoms with van der Waals surface area (Å²) in [6.07, 6.45) is 3.98. The summed E-state index contributed by atoms with van der Waals surface area (Å²) in [5.41, 5.74) is 5.26. The van der Waals surface area contributed by atoms with Crippen molar-refractivity contribution in [2.24, 2.45) is 0 Å². The van der Waals surface area contributed by atoms with Crippen molar-refractivity contribution < 1.29 is 18.1 Å². The number of carbonyl (C=O) groups excluding carboxylic acids is 1. The van der Waals surface area contributed by atoms with Gasteiger partial charge in [0.1, 0.15) is 13.1 Å². The van der Waals surface area contributed by atoms with Crippen LogP contribution in [0.3, 0.4) is 0 Å². The molecule has 182 valence electrons. The molecule has 0 saturated carbocycles. The predicted molar refractivity (Wildman–Crippen MR) is 137 cm³/mol. The third-order valence-corrected chi connectivity index (χ3v) is 8.95. The van der Waals surface area contributed by atoms with Crippen LogP contribution < -0.4 is 10.2 Å². The number of hydrogen-bond donors (Lipinski definition) is 2. The number of fused-ring (bicyclic) bond motifs is 1. The molecule has 2 aliphatic heterocycles. The lowest BCUT2D eigenvalue weighted by Crippen LogP contribution is -3.10. The zero-order valence-electron chi connectivity index (χ0n) is 19.9. The first kappa shape index (κ1) is 23.7. The number of rotatable bonds is 6. The van der Waals surface area contributed by atoms with E-state index in [0.717, 1.165) is 45.3 Å². The third kappa shape index (κ3) is 5.48. The van der Waals surface area contributed by atoms with E-state index in [9.17, 15) is 13.2 Å². The van der Waals surface area contributed by atoms with E-state index in [2.05, 4.69) is 29.6 Å². The van der Waals surface area contributed by atoms with Crippen molar-refractivity contribution in [2.45, 2.75) is 43.7 Å². The second-order valence-corrected chi connectivity index (χ2v) is 11.5. The van der Waals surface area contributed by atoms with Crippen molar-refractivity contribution in [2.75, 3.05) is 25.0 Å². The molecule has 35 heavy (non-hydrogen) atoms. The maximum absolute atomic E-state index is 12.8. The molecule has 6 nitrogen and oxygen atoms in total. The van der Waals surface area contributed by atoms with E-state index in [0.29, 0.717) is 24.3 Å². The van der Waals surface area contributed by atoms with Crippen molar-refractivity contribution >= 4 is 21.6 Å². The Morgan fingerprint density at radius 3 is 2.26 bits per heavy atom. The molecule has 0 radical (unpaired) electrons. The van der Waals surface area contributed by atoms with Crippen LogP contribution >= 0.6 is 0 Å². The highest BCUT2D eigenvalue weighted by molar-refractivity contribution is 7.89. The fourth-order valence-electron chi connectivity index (χ4n) is 5.02. The number of amides is 1. The average molecular weight is 491 g/mol. The molecule has 0 spiro atoms. The summed E-state index contributed by atoms with van der Waals surface area (Å²) >= 11 is 0. The van der Waals surface area contributed by atoms with Crippen LogP contribution in [-0.4, -0.2) is 38.3 Å². The SMILES string of the molecule is O=C(Nc1ccc(S(=O)(=O)N2CCCCC2)cc1)c1ccc(C[NH+]2CCc3ccccc3C2)cc1. The number of anilines is 1. The van der Waals surface area contributed by atoms with Crippen LogP contribution in [0.25, 0.3) is 0 Å². The van der Waals surface area contributed by atoms with Gasteiger partial charge in [-0.2, -0.15) is 4.31 Å². The Bertz CT molecular complexity index is 1280. The molecule has 2 heterocycles. The van der Waals surface area contributed by atoms with Crippen molar-refractivity contribution in [1.82, 2.24) is 4.31 Å². The van der Waals surface area contributed by atoms with Gasteiger partial charge in [-0.1, -0.05) is 42.8 Å². The molecule has 3 aromatic rings. The summed E-state index contributed by atoms with van der Waals surface area (Å²) in [6.45, 7) is 4.22. The lowest BCUT2D eigenvalue weighted by atomic mass is 9.99. The highest BCUT2D eigenvalue weighted by Gasteiger charge is 2.25. The minimum atomic E-state index is -3.47. The summed E-state index contributed by atoms with van der Waals surface area (Å²) in [5.74, 6) is -0.206. The largest absolute Gasteiger partial charge is 0.327 e. The molecular weight excluding hydrogens is 458 g/mol. The van der Waals surface area contributed by atoms with E-state index in [1.54, 1.807) is 28.6 Å². The standard InChI is InChI=1S/C28H31N3O3S/c32-28(29-26-12-14-27(15-13-26)35(33,34)31-17-4-1-5-18-31)24-10-8-22(9-11-24)20-30-19-16-23-6-2-3-7-25(23)21-30/h2-3,6-15H,1,4-5,16-21H2,(H,29,32)/p+1. The fourth-order valence-corrected chi connectivity index (χ4v) is 6.54. The Hall–Kier alpha value is -3.00. The zero-order chi connectivity index (χ0) is 24.3. The molecule has 0 aliphatic carbocycles. The van der Waals surface area contributed by atoms with Gasteiger partial charge in [-0.15, -0.1) is 0 Å². The number of nitrogens with one attached hydrogen (secondary N) is 2. The first-order chi connectivity index (χ1) is 17.0. The van der Waals surface area contributed by atoms with Gasteiger partial charge in [0.15, 0.2) is 0 Å². The first-order valence-electron chi connectivity index (χ1n) is 12.4. The number of hydrogen-bond acceptors (Lipinski definition) is 3. The molecule has 3 aromatic carbocycles. The average Bonchev–Trinajstić information content (AvgIpc) is 2.90. The Morgan fingerprint density at radius 1 is 0.857 bits per heavy atom. The van der Waals surface area contributed by atoms with Gasteiger partial charge < -0.3 is 10.2 Å². The Kier molecular flexibility index (Phi) is 7.00. The normalized spacial score (nSPS) is 18.6. The number of sulfonamides is 1. The molecule has 1 saturated heterocycles. The maximum atomic E-state index is 12.8. The third-order valence-electron chi connectivity index (χ3n) is 7.04. The monoisotopic (exact) mass is 490 g/mol. The van der Waals surface area contributed by atoms with Gasteiger partial charge in [0.25, 0.3) is 5.91 Å². The summed E-state index contributed by atoms with van der Waals surface area (Å²) < 4.78 is 27.2. The van der Waals surface area contributed by atoms with Gasteiger partial charge in [0.05, 0.1) is 11.4 Å². The number of quaternary nitrogens is 1. The quantitative estimate of drug-likeness (QED) is 0.557. The van der Waals surface area contributed by atoms with Crippen molar-refractivity contribution in [3.63, 3.8) is 0 Å². The van der Waals surface area contributed by atoms with E-state index in [1.807, 2.05) is 24.3 Å². The van der Waals surface area contributed by atoms with Crippen LogP contribution in [0, 0.1) is 0 Å².